The second-order valence-corrected chi connectivity index (χ2v) is 4.24. The highest BCUT2D eigenvalue weighted by Gasteiger charge is 2.29. The lowest BCUT2D eigenvalue weighted by atomic mass is 10.1. The van der Waals surface area contributed by atoms with E-state index in [9.17, 15) is 18.0 Å². The number of carboxylic acid groups (broad SMARTS) is 1. The average Bonchev–Trinajstić information content (AvgIpc) is 2.75. The maximum absolute atomic E-state index is 12.4. The molecule has 0 amide bonds. The zero-order valence-corrected chi connectivity index (χ0v) is 10.3. The number of aliphatic carboxylic acids is 1. The average molecular weight is 284 g/mol. The van der Waals surface area contributed by atoms with E-state index in [0.717, 1.165) is 12.1 Å². The van der Waals surface area contributed by atoms with Gasteiger partial charge >= 0.3 is 12.1 Å². The van der Waals surface area contributed by atoms with E-state index in [1.165, 1.54) is 29.1 Å². The topological polar surface area (TPSA) is 55.1 Å². The quantitative estimate of drug-likeness (QED) is 0.938. The van der Waals surface area contributed by atoms with E-state index in [4.69, 9.17) is 5.11 Å². The van der Waals surface area contributed by atoms with E-state index in [1.807, 2.05) is 0 Å². The summed E-state index contributed by atoms with van der Waals surface area (Å²) >= 11 is 0. The summed E-state index contributed by atoms with van der Waals surface area (Å²) in [7, 11) is 0. The van der Waals surface area contributed by atoms with Crippen LogP contribution in [0, 0.1) is 0 Å². The second kappa shape index (κ2) is 5.36. The van der Waals surface area contributed by atoms with Crippen molar-refractivity contribution in [3.05, 3.63) is 53.6 Å². The fraction of sp³-hybridized carbons (Fsp3) is 0.231. The van der Waals surface area contributed by atoms with Crippen LogP contribution in [0.3, 0.4) is 0 Å². The minimum Gasteiger partial charge on any atom is -0.480 e. The first-order valence-electron chi connectivity index (χ1n) is 5.74. The summed E-state index contributed by atoms with van der Waals surface area (Å²) in [5.74, 6) is -0.510. The molecule has 1 aromatic carbocycles. The van der Waals surface area contributed by atoms with E-state index in [-0.39, 0.29) is 13.0 Å². The summed E-state index contributed by atoms with van der Waals surface area (Å²) in [5.41, 5.74) is -0.0778. The molecule has 20 heavy (non-hydrogen) atoms. The van der Waals surface area contributed by atoms with Crippen LogP contribution in [0.5, 0.6) is 0 Å². The highest BCUT2D eigenvalue weighted by atomic mass is 19.4. The van der Waals surface area contributed by atoms with Crippen molar-refractivity contribution in [2.24, 2.45) is 0 Å². The van der Waals surface area contributed by atoms with Gasteiger partial charge in [-0.3, -0.25) is 4.79 Å². The minimum atomic E-state index is -4.36. The molecule has 0 fully saturated rings. The molecule has 7 heteroatoms. The number of rotatable bonds is 4. The number of benzene rings is 1. The first kappa shape index (κ1) is 14.1. The zero-order valence-electron chi connectivity index (χ0n) is 10.3. The third-order valence-electron chi connectivity index (χ3n) is 2.75. The summed E-state index contributed by atoms with van der Waals surface area (Å²) < 4.78 is 38.7. The van der Waals surface area contributed by atoms with Crippen molar-refractivity contribution >= 4 is 5.97 Å². The Morgan fingerprint density at radius 3 is 2.45 bits per heavy atom. The number of carboxylic acids is 1. The molecule has 2 aromatic rings. The second-order valence-electron chi connectivity index (χ2n) is 4.24. The van der Waals surface area contributed by atoms with Crippen LogP contribution in [0.25, 0.3) is 0 Å². The van der Waals surface area contributed by atoms with Crippen LogP contribution in [0.2, 0.25) is 0 Å². The van der Waals surface area contributed by atoms with Gasteiger partial charge in [-0.05, 0) is 17.7 Å². The van der Waals surface area contributed by atoms with E-state index in [2.05, 4.69) is 4.98 Å². The van der Waals surface area contributed by atoms with E-state index in [1.54, 1.807) is 0 Å². The molecule has 1 heterocycles. The van der Waals surface area contributed by atoms with Gasteiger partial charge in [-0.1, -0.05) is 12.1 Å². The van der Waals surface area contributed by atoms with Gasteiger partial charge in [0, 0.05) is 18.8 Å². The molecule has 0 aliphatic carbocycles. The van der Waals surface area contributed by atoms with Gasteiger partial charge < -0.3 is 9.67 Å². The molecule has 1 N–H and O–H groups in total. The number of aromatic nitrogens is 2. The van der Waals surface area contributed by atoms with Gasteiger partial charge in [-0.2, -0.15) is 13.2 Å². The van der Waals surface area contributed by atoms with Crippen molar-refractivity contribution < 1.29 is 23.1 Å². The largest absolute Gasteiger partial charge is 0.480 e. The molecule has 0 aliphatic rings. The van der Waals surface area contributed by atoms with Crippen molar-refractivity contribution in [2.75, 3.05) is 0 Å². The molecule has 4 nitrogen and oxygen atoms in total. The number of nitrogens with zero attached hydrogens (tertiary/aromatic N) is 2. The smallest absolute Gasteiger partial charge is 0.416 e. The molecule has 0 atom stereocenters. The highest BCUT2D eigenvalue weighted by Crippen LogP contribution is 2.29. The number of alkyl halides is 3. The van der Waals surface area contributed by atoms with Crippen molar-refractivity contribution in [1.82, 2.24) is 9.55 Å². The standard InChI is InChI=1S/C13H11F3N2O2/c14-13(15,16)10-3-1-9(2-4-10)7-11-17-5-6-18(11)8-12(19)20/h1-6H,7-8H2,(H,19,20). The minimum absolute atomic E-state index is 0.226. The van der Waals surface area contributed by atoms with Crippen LogP contribution in [0.4, 0.5) is 13.2 Å². The molecular formula is C13H11F3N2O2. The SMILES string of the molecule is O=C(O)Cn1ccnc1Cc1ccc(C(F)(F)F)cc1. The fourth-order valence-corrected chi connectivity index (χ4v) is 1.79. The molecule has 0 saturated carbocycles. The number of hydrogen-bond donors (Lipinski definition) is 1. The van der Waals surface area contributed by atoms with Crippen LogP contribution in [0.1, 0.15) is 17.0 Å². The van der Waals surface area contributed by atoms with Gasteiger partial charge in [0.25, 0.3) is 0 Å². The van der Waals surface area contributed by atoms with Crippen LogP contribution < -0.4 is 0 Å². The molecule has 0 spiro atoms. The normalized spacial score (nSPS) is 11.6. The summed E-state index contributed by atoms with van der Waals surface area (Å²) in [5, 5.41) is 8.73. The van der Waals surface area contributed by atoms with E-state index in [0.29, 0.717) is 11.4 Å². The Kier molecular flexibility index (Phi) is 3.78. The Bertz CT molecular complexity index is 603. The van der Waals surface area contributed by atoms with Gasteiger partial charge in [0.2, 0.25) is 0 Å². The van der Waals surface area contributed by atoms with Gasteiger partial charge in [0.05, 0.1) is 5.56 Å². The summed E-state index contributed by atoms with van der Waals surface area (Å²) in [6.45, 7) is -0.226. The number of halogens is 3. The maximum Gasteiger partial charge on any atom is 0.416 e. The number of imidazole rings is 1. The summed E-state index contributed by atoms with van der Waals surface area (Å²) in [4.78, 5) is 14.7. The first-order chi connectivity index (χ1) is 9.36. The fourth-order valence-electron chi connectivity index (χ4n) is 1.79. The van der Waals surface area contributed by atoms with E-state index >= 15 is 0 Å². The van der Waals surface area contributed by atoms with Gasteiger partial charge in [0.1, 0.15) is 12.4 Å². The monoisotopic (exact) mass is 284 g/mol. The summed E-state index contributed by atoms with van der Waals surface area (Å²) in [6, 6.07) is 4.73. The van der Waals surface area contributed by atoms with Crippen LogP contribution in [-0.2, 0) is 23.9 Å². The first-order valence-corrected chi connectivity index (χ1v) is 5.74. The van der Waals surface area contributed by atoms with E-state index < -0.39 is 17.7 Å². The highest BCUT2D eigenvalue weighted by molar-refractivity contribution is 5.66. The molecule has 0 saturated heterocycles. The van der Waals surface area contributed by atoms with Crippen LogP contribution in [-0.4, -0.2) is 20.6 Å². The predicted molar refractivity (Wildman–Crippen MR) is 64.1 cm³/mol. The van der Waals surface area contributed by atoms with Gasteiger partial charge in [-0.15, -0.1) is 0 Å². The lowest BCUT2D eigenvalue weighted by Gasteiger charge is -2.08. The summed E-state index contributed by atoms with van der Waals surface area (Å²) in [6.07, 6.45) is -1.10. The Morgan fingerprint density at radius 2 is 1.90 bits per heavy atom. The van der Waals surface area contributed by atoms with Gasteiger partial charge in [0.15, 0.2) is 0 Å². The van der Waals surface area contributed by atoms with Crippen LogP contribution >= 0.6 is 0 Å². The zero-order chi connectivity index (χ0) is 14.8. The molecule has 0 bridgehead atoms. The van der Waals surface area contributed by atoms with Crippen molar-refractivity contribution in [3.8, 4) is 0 Å². The molecule has 0 aliphatic heterocycles. The van der Waals surface area contributed by atoms with Crippen LogP contribution in [0.15, 0.2) is 36.7 Å². The Labute approximate surface area is 112 Å². The molecule has 1 aromatic heterocycles. The number of hydrogen-bond acceptors (Lipinski definition) is 2. The van der Waals surface area contributed by atoms with Crippen molar-refractivity contribution in [1.29, 1.82) is 0 Å². The lowest BCUT2D eigenvalue weighted by Crippen LogP contribution is -2.11. The Balaban J connectivity index is 2.15. The Hall–Kier alpha value is -2.31. The maximum atomic E-state index is 12.4. The molecule has 0 radical (unpaired) electrons. The molecular weight excluding hydrogens is 273 g/mol. The lowest BCUT2D eigenvalue weighted by molar-refractivity contribution is -0.138. The van der Waals surface area contributed by atoms with Crippen molar-refractivity contribution in [3.63, 3.8) is 0 Å². The molecule has 2 rings (SSSR count). The third kappa shape index (κ3) is 3.37. The molecule has 106 valence electrons. The third-order valence-corrected chi connectivity index (χ3v) is 2.75. The van der Waals surface area contributed by atoms with Gasteiger partial charge in [-0.25, -0.2) is 4.98 Å². The molecule has 0 unspecified atom stereocenters. The number of carbonyl (C=O) groups is 1. The Morgan fingerprint density at radius 1 is 1.25 bits per heavy atom. The predicted octanol–water partition coefficient (Wildman–Crippen LogP) is 2.58. The van der Waals surface area contributed by atoms with Crippen molar-refractivity contribution in [2.45, 2.75) is 19.1 Å².